The van der Waals surface area contributed by atoms with Crippen LogP contribution < -0.4 is 0 Å². The van der Waals surface area contributed by atoms with Gasteiger partial charge in [-0.15, -0.1) is 12.3 Å². The highest BCUT2D eigenvalue weighted by molar-refractivity contribution is 5.78. The second-order valence-electron chi connectivity index (χ2n) is 7.72. The van der Waals surface area contributed by atoms with E-state index in [1.807, 2.05) is 6.20 Å². The van der Waals surface area contributed by atoms with Crippen molar-refractivity contribution in [2.24, 2.45) is 0 Å². The van der Waals surface area contributed by atoms with Gasteiger partial charge in [0.15, 0.2) is 0 Å². The molecule has 0 saturated carbocycles. The van der Waals surface area contributed by atoms with Gasteiger partial charge in [0.1, 0.15) is 0 Å². The lowest BCUT2D eigenvalue weighted by atomic mass is 9.91. The third-order valence-corrected chi connectivity index (χ3v) is 5.79. The zero-order valence-corrected chi connectivity index (χ0v) is 17.7. The Balaban J connectivity index is 1.64. The van der Waals surface area contributed by atoms with Gasteiger partial charge >= 0.3 is 0 Å². The summed E-state index contributed by atoms with van der Waals surface area (Å²) in [5.74, 6) is 2.91. The molecule has 2 heterocycles. The summed E-state index contributed by atoms with van der Waals surface area (Å²) in [6, 6.07) is 19.5. The number of aromatic amines is 1. The number of nitrogens with one attached hydrogen (secondary N) is 1. The third kappa shape index (κ3) is 4.14. The van der Waals surface area contributed by atoms with Gasteiger partial charge in [0, 0.05) is 35.5 Å². The molecule has 4 aromatic rings. The number of hydrogen-bond donors (Lipinski definition) is 1. The predicted molar refractivity (Wildman–Crippen MR) is 124 cm³/mol. The lowest BCUT2D eigenvalue weighted by molar-refractivity contribution is 0.799. The van der Waals surface area contributed by atoms with Crippen molar-refractivity contribution in [1.82, 2.24) is 15.2 Å². The molecular formula is C27H27N3. The van der Waals surface area contributed by atoms with E-state index < -0.39 is 0 Å². The summed E-state index contributed by atoms with van der Waals surface area (Å²) in [6.45, 7) is 4.43. The van der Waals surface area contributed by atoms with Gasteiger partial charge in [0.05, 0.1) is 11.7 Å². The maximum absolute atomic E-state index is 5.72. The Morgan fingerprint density at radius 2 is 1.87 bits per heavy atom. The quantitative estimate of drug-likeness (QED) is 0.401. The molecule has 0 amide bonds. The van der Waals surface area contributed by atoms with Crippen molar-refractivity contribution in [3.8, 4) is 12.3 Å². The lowest BCUT2D eigenvalue weighted by Gasteiger charge is -2.16. The minimum absolute atomic E-state index is 0.0721. The molecule has 0 radical (unpaired) electrons. The standard InChI is InChI=1S/C27H27N3/c1-4-8-25(22-13-14-26-23(17-22)18-28-30-26)27-10-7-9-24(29-27)16-19-11-12-20(5-2)21(6-3)15-19/h1,7,9-15,17-18,25H,5-6,8,16H2,2-3H3,(H,28,30). The van der Waals surface area contributed by atoms with Crippen LogP contribution in [0.2, 0.25) is 0 Å². The summed E-state index contributed by atoms with van der Waals surface area (Å²) < 4.78 is 0. The zero-order chi connectivity index (χ0) is 20.9. The maximum Gasteiger partial charge on any atom is 0.0650 e. The smallest absolute Gasteiger partial charge is 0.0650 e. The first-order valence-electron chi connectivity index (χ1n) is 10.6. The first kappa shape index (κ1) is 19.9. The highest BCUT2D eigenvalue weighted by atomic mass is 15.1. The van der Waals surface area contributed by atoms with Gasteiger partial charge in [-0.2, -0.15) is 5.10 Å². The van der Waals surface area contributed by atoms with Crippen LogP contribution in [0.25, 0.3) is 10.9 Å². The molecule has 2 aromatic heterocycles. The van der Waals surface area contributed by atoms with Crippen molar-refractivity contribution in [1.29, 1.82) is 0 Å². The fourth-order valence-electron chi connectivity index (χ4n) is 4.15. The molecule has 0 aliphatic rings. The van der Waals surface area contributed by atoms with Crippen LogP contribution in [-0.2, 0) is 19.3 Å². The Kier molecular flexibility index (Phi) is 5.95. The summed E-state index contributed by atoms with van der Waals surface area (Å²) in [5, 5.41) is 8.22. The van der Waals surface area contributed by atoms with Crippen LogP contribution >= 0.6 is 0 Å². The highest BCUT2D eigenvalue weighted by Crippen LogP contribution is 2.29. The number of terminal acetylenes is 1. The molecule has 3 heteroatoms. The molecule has 1 unspecified atom stereocenters. The van der Waals surface area contributed by atoms with E-state index in [9.17, 15) is 0 Å². The summed E-state index contributed by atoms with van der Waals surface area (Å²) in [4.78, 5) is 5.01. The van der Waals surface area contributed by atoms with E-state index >= 15 is 0 Å². The van der Waals surface area contributed by atoms with Crippen LogP contribution in [0.15, 0.2) is 60.8 Å². The number of benzene rings is 2. The van der Waals surface area contributed by atoms with E-state index in [1.54, 1.807) is 0 Å². The predicted octanol–water partition coefficient (Wildman–Crippen LogP) is 5.83. The van der Waals surface area contributed by atoms with Gasteiger partial charge < -0.3 is 0 Å². The number of nitrogens with zero attached hydrogens (tertiary/aromatic N) is 2. The lowest BCUT2D eigenvalue weighted by Crippen LogP contribution is -2.05. The third-order valence-electron chi connectivity index (χ3n) is 5.79. The second-order valence-corrected chi connectivity index (χ2v) is 7.72. The largest absolute Gasteiger partial charge is 0.278 e. The molecule has 150 valence electrons. The minimum atomic E-state index is 0.0721. The molecule has 3 nitrogen and oxygen atoms in total. The van der Waals surface area contributed by atoms with E-state index in [0.717, 1.165) is 41.6 Å². The van der Waals surface area contributed by atoms with Crippen molar-refractivity contribution in [3.63, 3.8) is 0 Å². The monoisotopic (exact) mass is 393 g/mol. The molecule has 0 saturated heterocycles. The fourth-order valence-corrected chi connectivity index (χ4v) is 4.15. The highest BCUT2D eigenvalue weighted by Gasteiger charge is 2.16. The van der Waals surface area contributed by atoms with Crippen LogP contribution in [0.5, 0.6) is 0 Å². The number of rotatable bonds is 7. The zero-order valence-electron chi connectivity index (χ0n) is 17.7. The van der Waals surface area contributed by atoms with Gasteiger partial charge in [-0.25, -0.2) is 0 Å². The Labute approximate surface area is 178 Å². The average molecular weight is 394 g/mol. The van der Waals surface area contributed by atoms with Gasteiger partial charge in [0.2, 0.25) is 0 Å². The van der Waals surface area contributed by atoms with Crippen molar-refractivity contribution in [2.45, 2.75) is 45.4 Å². The van der Waals surface area contributed by atoms with E-state index in [2.05, 4.69) is 84.6 Å². The molecule has 0 spiro atoms. The van der Waals surface area contributed by atoms with Crippen molar-refractivity contribution in [3.05, 3.63) is 94.4 Å². The molecule has 0 aliphatic heterocycles. The first-order valence-corrected chi connectivity index (χ1v) is 10.6. The fraction of sp³-hybridized carbons (Fsp3) is 0.259. The number of aromatic nitrogens is 3. The molecule has 2 aromatic carbocycles. The number of pyridine rings is 1. The Morgan fingerprint density at radius 1 is 1.00 bits per heavy atom. The van der Waals surface area contributed by atoms with E-state index in [-0.39, 0.29) is 5.92 Å². The number of fused-ring (bicyclic) bond motifs is 1. The summed E-state index contributed by atoms with van der Waals surface area (Å²) in [5.41, 5.74) is 8.48. The Bertz CT molecular complexity index is 1200. The summed E-state index contributed by atoms with van der Waals surface area (Å²) >= 11 is 0. The molecule has 1 N–H and O–H groups in total. The first-order chi connectivity index (χ1) is 14.7. The van der Waals surface area contributed by atoms with Gasteiger partial charge in [-0.05, 0) is 59.4 Å². The summed E-state index contributed by atoms with van der Waals surface area (Å²) in [6.07, 6.45) is 11.1. The van der Waals surface area contributed by atoms with Crippen LogP contribution in [0.3, 0.4) is 0 Å². The molecular weight excluding hydrogens is 366 g/mol. The van der Waals surface area contributed by atoms with Gasteiger partial charge in [-0.1, -0.05) is 44.2 Å². The average Bonchev–Trinajstić information content (AvgIpc) is 3.25. The minimum Gasteiger partial charge on any atom is -0.278 e. The SMILES string of the molecule is C#CCC(c1ccc2[nH]ncc2c1)c1cccc(Cc2ccc(CC)c(CC)c2)n1. The molecule has 30 heavy (non-hydrogen) atoms. The molecule has 0 fully saturated rings. The number of H-pyrrole nitrogens is 1. The molecule has 4 rings (SSSR count). The van der Waals surface area contributed by atoms with Crippen molar-refractivity contribution >= 4 is 10.9 Å². The molecule has 1 atom stereocenters. The molecule has 0 aliphatic carbocycles. The maximum atomic E-state index is 5.72. The summed E-state index contributed by atoms with van der Waals surface area (Å²) in [7, 11) is 0. The number of aryl methyl sites for hydroxylation is 2. The van der Waals surface area contributed by atoms with Crippen LogP contribution in [0, 0.1) is 12.3 Å². The van der Waals surface area contributed by atoms with Crippen molar-refractivity contribution < 1.29 is 0 Å². The second kappa shape index (κ2) is 8.97. The molecule has 0 bridgehead atoms. The van der Waals surface area contributed by atoms with Gasteiger partial charge in [0.25, 0.3) is 0 Å². The van der Waals surface area contributed by atoms with Crippen molar-refractivity contribution in [2.75, 3.05) is 0 Å². The topological polar surface area (TPSA) is 41.6 Å². The van der Waals surface area contributed by atoms with Crippen LogP contribution in [0.4, 0.5) is 0 Å². The van der Waals surface area contributed by atoms with Crippen LogP contribution in [-0.4, -0.2) is 15.2 Å². The van der Waals surface area contributed by atoms with E-state index in [4.69, 9.17) is 11.4 Å². The number of hydrogen-bond acceptors (Lipinski definition) is 2. The van der Waals surface area contributed by atoms with Gasteiger partial charge in [-0.3, -0.25) is 10.1 Å². The Hall–Kier alpha value is -3.38. The van der Waals surface area contributed by atoms with E-state index in [0.29, 0.717) is 6.42 Å². The van der Waals surface area contributed by atoms with Crippen LogP contribution in [0.1, 0.15) is 59.8 Å². The normalized spacial score (nSPS) is 12.0. The van der Waals surface area contributed by atoms with E-state index in [1.165, 1.54) is 22.3 Å². The Morgan fingerprint density at radius 3 is 2.67 bits per heavy atom.